The van der Waals surface area contributed by atoms with Crippen LogP contribution < -0.4 is 0 Å². The third kappa shape index (κ3) is 3.73. The van der Waals surface area contributed by atoms with E-state index in [1.54, 1.807) is 6.07 Å². The van der Waals surface area contributed by atoms with Gasteiger partial charge < -0.3 is 9.13 Å². The number of rotatable bonds is 2. The first-order chi connectivity index (χ1) is 25.7. The molecule has 11 rings (SSSR count). The Bertz CT molecular complexity index is 3250. The predicted octanol–water partition coefficient (Wildman–Crippen LogP) is 12.9. The van der Waals surface area contributed by atoms with Gasteiger partial charge in [0.25, 0.3) is 0 Å². The topological polar surface area (TPSA) is 38.0 Å². The van der Waals surface area contributed by atoms with Crippen LogP contribution in [0, 0.1) is 17.9 Å². The second-order valence-electron chi connectivity index (χ2n) is 13.5. The highest BCUT2D eigenvalue weighted by Gasteiger charge is 2.25. The molecular weight excluding hydrogens is 633 g/mol. The molecule has 0 atom stereocenters. The van der Waals surface area contributed by atoms with Gasteiger partial charge in [0, 0.05) is 21.5 Å². The lowest BCUT2D eigenvalue weighted by molar-refractivity contribution is 1.09. The maximum absolute atomic E-state index is 11.0. The van der Waals surface area contributed by atoms with Crippen LogP contribution in [0.3, 0.4) is 0 Å². The summed E-state index contributed by atoms with van der Waals surface area (Å²) in [5.41, 5.74) is 6.47. The van der Waals surface area contributed by atoms with Gasteiger partial charge in [0.15, 0.2) is 5.69 Å². The number of fused-ring (bicyclic) bond motifs is 14. The quantitative estimate of drug-likeness (QED) is 0.170. The van der Waals surface area contributed by atoms with Crippen molar-refractivity contribution in [3.63, 3.8) is 0 Å². The molecule has 0 radical (unpaired) electrons. The Balaban J connectivity index is 1.40. The predicted molar refractivity (Wildman–Crippen MR) is 216 cm³/mol. The van der Waals surface area contributed by atoms with Gasteiger partial charge in [-0.1, -0.05) is 121 Å². The van der Waals surface area contributed by atoms with E-state index in [0.717, 1.165) is 87.3 Å². The zero-order valence-electron chi connectivity index (χ0n) is 27.8. The van der Waals surface area contributed by atoms with Gasteiger partial charge in [-0.15, -0.1) is 0 Å². The van der Waals surface area contributed by atoms with E-state index in [9.17, 15) is 5.26 Å². The maximum atomic E-state index is 11.0. The minimum atomic E-state index is 0.420. The summed E-state index contributed by atoms with van der Waals surface area (Å²) in [6, 6.07) is 57.9. The summed E-state index contributed by atoms with van der Waals surface area (Å²) in [5, 5.41) is 24.9. The lowest BCUT2D eigenvalue weighted by Gasteiger charge is -2.19. The summed E-state index contributed by atoms with van der Waals surface area (Å²) in [7, 11) is 0. The number of benzene rings is 9. The van der Waals surface area contributed by atoms with Crippen LogP contribution in [0.25, 0.3) is 103 Å². The highest BCUT2D eigenvalue weighted by molar-refractivity contribution is 6.30. The minimum Gasteiger partial charge on any atom is -0.308 e. The molecule has 0 bridgehead atoms. The number of hydrogen-bond acceptors (Lipinski definition) is 1. The van der Waals surface area contributed by atoms with E-state index < -0.39 is 0 Å². The van der Waals surface area contributed by atoms with Crippen molar-refractivity contribution in [2.45, 2.75) is 0 Å². The molecular formula is C48H26N4. The Morgan fingerprint density at radius 3 is 1.17 bits per heavy atom. The molecule has 0 N–H and O–H groups in total. The van der Waals surface area contributed by atoms with Gasteiger partial charge in [-0.3, -0.25) is 0 Å². The largest absolute Gasteiger partial charge is 0.308 e. The molecule has 2 aromatic heterocycles. The van der Waals surface area contributed by atoms with Crippen LogP contribution in [0.4, 0.5) is 5.69 Å². The van der Waals surface area contributed by atoms with Gasteiger partial charge in [0.2, 0.25) is 0 Å². The summed E-state index contributed by atoms with van der Waals surface area (Å²) >= 11 is 0. The minimum absolute atomic E-state index is 0.420. The molecule has 4 nitrogen and oxygen atoms in total. The van der Waals surface area contributed by atoms with Gasteiger partial charge in [-0.2, -0.15) is 5.26 Å². The molecule has 0 fully saturated rings. The van der Waals surface area contributed by atoms with Crippen molar-refractivity contribution >= 4 is 92.4 Å². The molecule has 4 heteroatoms. The highest BCUT2D eigenvalue weighted by Crippen LogP contribution is 2.46. The summed E-state index contributed by atoms with van der Waals surface area (Å²) in [6.45, 7) is 8.17. The van der Waals surface area contributed by atoms with Crippen LogP contribution in [0.1, 0.15) is 5.56 Å². The average Bonchev–Trinajstić information content (AvgIpc) is 3.74. The van der Waals surface area contributed by atoms with Crippen LogP contribution >= 0.6 is 0 Å². The third-order valence-corrected chi connectivity index (χ3v) is 10.9. The number of nitrogens with zero attached hydrogens (tertiary/aromatic N) is 4. The Morgan fingerprint density at radius 1 is 0.442 bits per heavy atom. The molecule has 0 unspecified atom stereocenters. The van der Waals surface area contributed by atoms with Crippen molar-refractivity contribution in [2.24, 2.45) is 0 Å². The van der Waals surface area contributed by atoms with Gasteiger partial charge in [0.05, 0.1) is 45.6 Å². The maximum Gasteiger partial charge on any atom is 0.190 e. The number of aromatic nitrogens is 2. The summed E-state index contributed by atoms with van der Waals surface area (Å²) in [5.74, 6) is 0. The van der Waals surface area contributed by atoms with E-state index >= 15 is 0 Å². The van der Waals surface area contributed by atoms with Crippen LogP contribution in [0.2, 0.25) is 0 Å². The van der Waals surface area contributed by atoms with Crippen molar-refractivity contribution in [1.82, 2.24) is 9.13 Å². The fourth-order valence-corrected chi connectivity index (χ4v) is 8.76. The van der Waals surface area contributed by atoms with Crippen molar-refractivity contribution < 1.29 is 0 Å². The van der Waals surface area contributed by atoms with Crippen molar-refractivity contribution in [2.75, 3.05) is 0 Å². The molecule has 52 heavy (non-hydrogen) atoms. The van der Waals surface area contributed by atoms with E-state index in [0.29, 0.717) is 11.3 Å². The molecule has 0 saturated heterocycles. The summed E-state index contributed by atoms with van der Waals surface area (Å²) in [4.78, 5) is 3.91. The molecule has 11 aromatic rings. The van der Waals surface area contributed by atoms with E-state index in [4.69, 9.17) is 6.57 Å². The Hall–Kier alpha value is -7.40. The molecule has 9 aromatic carbocycles. The standard InChI is InChI=1S/C48H26N4/c1-50-34-26-33(28-49)48(52-41-24-20-31-12-4-8-16-37(31)46(41)47-38-17-9-5-13-32(38)21-25-42(47)52)43(27-34)51-39-22-18-29-10-2-6-14-35(29)44(39)45-36-15-7-3-11-30(36)19-23-40(45)51/h2-27H. The number of nitriles is 1. The average molecular weight is 659 g/mol. The second-order valence-corrected chi connectivity index (χ2v) is 13.5. The van der Waals surface area contributed by atoms with Crippen molar-refractivity contribution in [1.29, 1.82) is 5.26 Å². The van der Waals surface area contributed by atoms with E-state index in [1.165, 1.54) is 10.8 Å². The first kappa shape index (κ1) is 28.4. The summed E-state index contributed by atoms with van der Waals surface area (Å²) in [6.07, 6.45) is 0. The first-order valence-electron chi connectivity index (χ1n) is 17.4. The van der Waals surface area contributed by atoms with E-state index in [2.05, 4.69) is 166 Å². The zero-order chi connectivity index (χ0) is 34.5. The highest BCUT2D eigenvalue weighted by atomic mass is 15.1. The normalized spacial score (nSPS) is 11.8. The van der Waals surface area contributed by atoms with E-state index in [1.807, 2.05) is 6.07 Å². The van der Waals surface area contributed by atoms with Gasteiger partial charge in [0.1, 0.15) is 6.07 Å². The van der Waals surface area contributed by atoms with Crippen LogP contribution in [0.5, 0.6) is 0 Å². The monoisotopic (exact) mass is 658 g/mol. The van der Waals surface area contributed by atoms with Gasteiger partial charge >= 0.3 is 0 Å². The third-order valence-electron chi connectivity index (χ3n) is 10.9. The molecule has 0 aliphatic heterocycles. The van der Waals surface area contributed by atoms with Crippen LogP contribution in [0.15, 0.2) is 158 Å². The van der Waals surface area contributed by atoms with Gasteiger partial charge in [-0.05, 0) is 79.5 Å². The Labute approximate surface area is 298 Å². The Kier molecular flexibility index (Phi) is 5.77. The van der Waals surface area contributed by atoms with Crippen LogP contribution in [-0.4, -0.2) is 9.13 Å². The zero-order valence-corrected chi connectivity index (χ0v) is 27.8. The fourth-order valence-electron chi connectivity index (χ4n) is 8.76. The van der Waals surface area contributed by atoms with Crippen molar-refractivity contribution in [3.05, 3.63) is 175 Å². The Morgan fingerprint density at radius 2 is 0.808 bits per heavy atom. The molecule has 0 saturated carbocycles. The fraction of sp³-hybridized carbons (Fsp3) is 0. The second kappa shape index (κ2) is 10.6. The van der Waals surface area contributed by atoms with E-state index in [-0.39, 0.29) is 0 Å². The molecule has 0 spiro atoms. The molecule has 0 aliphatic carbocycles. The smallest absolute Gasteiger partial charge is 0.190 e. The molecule has 0 amide bonds. The molecule has 238 valence electrons. The molecule has 2 heterocycles. The first-order valence-corrected chi connectivity index (χ1v) is 17.4. The summed E-state index contributed by atoms with van der Waals surface area (Å²) < 4.78 is 4.55. The lowest BCUT2D eigenvalue weighted by Crippen LogP contribution is -2.06. The SMILES string of the molecule is [C-]#[N+]c1cc(C#N)c(-n2c3ccc4ccccc4c3c3c4ccccc4ccc32)c(-n2c3ccc4ccccc4c3c3c4ccccc4ccc32)c1. The van der Waals surface area contributed by atoms with Crippen molar-refractivity contribution in [3.8, 4) is 17.4 Å². The van der Waals surface area contributed by atoms with Gasteiger partial charge in [-0.25, -0.2) is 4.85 Å². The lowest BCUT2D eigenvalue weighted by atomic mass is 10.00. The van der Waals surface area contributed by atoms with Crippen LogP contribution in [-0.2, 0) is 0 Å². The number of hydrogen-bond donors (Lipinski definition) is 0. The molecule has 0 aliphatic rings.